The zero-order valence-corrected chi connectivity index (χ0v) is 11.8. The fraction of sp³-hybridized carbons (Fsp3) is 0.167. The van der Waals surface area contributed by atoms with Crippen LogP contribution >= 0.6 is 27.3 Å². The highest BCUT2D eigenvalue weighted by Crippen LogP contribution is 2.35. The van der Waals surface area contributed by atoms with Crippen LogP contribution in [-0.2, 0) is 12.6 Å². The lowest BCUT2D eigenvalue weighted by Gasteiger charge is -2.10. The van der Waals surface area contributed by atoms with Gasteiger partial charge in [0.25, 0.3) is 0 Å². The van der Waals surface area contributed by atoms with Gasteiger partial charge in [0, 0.05) is 27.5 Å². The van der Waals surface area contributed by atoms with E-state index < -0.39 is 11.7 Å². The minimum Gasteiger partial charge on any atom is -0.294 e. The van der Waals surface area contributed by atoms with Crippen LogP contribution in [0.5, 0.6) is 0 Å². The summed E-state index contributed by atoms with van der Waals surface area (Å²) >= 11 is 4.13. The van der Waals surface area contributed by atoms with Crippen LogP contribution < -0.4 is 0 Å². The minimum absolute atomic E-state index is 0.0453. The molecule has 2 rings (SSSR count). The lowest BCUT2D eigenvalue weighted by molar-refractivity contribution is -0.138. The van der Waals surface area contributed by atoms with E-state index in [-0.39, 0.29) is 22.2 Å². The zero-order chi connectivity index (χ0) is 14.0. The van der Waals surface area contributed by atoms with Crippen LogP contribution in [-0.4, -0.2) is 10.8 Å². The van der Waals surface area contributed by atoms with Crippen molar-refractivity contribution in [2.75, 3.05) is 0 Å². The lowest BCUT2D eigenvalue weighted by atomic mass is 10.0. The van der Waals surface area contributed by atoms with E-state index in [9.17, 15) is 18.0 Å². The molecule has 0 saturated carbocycles. The molecule has 0 aliphatic heterocycles. The normalized spacial score (nSPS) is 11.6. The topological polar surface area (TPSA) is 30.0 Å². The van der Waals surface area contributed by atoms with Crippen LogP contribution in [0.3, 0.4) is 0 Å². The lowest BCUT2D eigenvalue weighted by Crippen LogP contribution is -2.09. The number of Topliss-reactive ketones (excluding diaryl/α,β-unsaturated/α-hetero) is 1. The van der Waals surface area contributed by atoms with Crippen molar-refractivity contribution in [2.45, 2.75) is 12.6 Å². The van der Waals surface area contributed by atoms with E-state index in [1.165, 1.54) is 29.7 Å². The summed E-state index contributed by atoms with van der Waals surface area (Å²) in [6.45, 7) is 0. The van der Waals surface area contributed by atoms with Crippen molar-refractivity contribution in [3.8, 4) is 0 Å². The van der Waals surface area contributed by atoms with Gasteiger partial charge in [-0.05, 0) is 12.1 Å². The van der Waals surface area contributed by atoms with E-state index in [0.717, 1.165) is 10.9 Å². The van der Waals surface area contributed by atoms with Crippen LogP contribution in [0.2, 0.25) is 0 Å². The highest BCUT2D eigenvalue weighted by molar-refractivity contribution is 9.10. The van der Waals surface area contributed by atoms with E-state index in [1.54, 1.807) is 5.51 Å². The molecule has 2 nitrogen and oxygen atoms in total. The van der Waals surface area contributed by atoms with Crippen molar-refractivity contribution in [1.29, 1.82) is 0 Å². The molecule has 0 spiro atoms. The number of thiazole rings is 1. The number of hydrogen-bond acceptors (Lipinski definition) is 3. The van der Waals surface area contributed by atoms with Crippen LogP contribution in [0.15, 0.2) is 34.4 Å². The van der Waals surface area contributed by atoms with Crippen LogP contribution in [0, 0.1) is 0 Å². The molecule has 1 aromatic heterocycles. The summed E-state index contributed by atoms with van der Waals surface area (Å²) in [5.41, 5.74) is 0.775. The number of nitrogens with zero attached hydrogens (tertiary/aromatic N) is 1. The van der Waals surface area contributed by atoms with Crippen molar-refractivity contribution < 1.29 is 18.0 Å². The smallest absolute Gasteiger partial charge is 0.294 e. The molecule has 0 N–H and O–H groups in total. The first-order valence-electron chi connectivity index (χ1n) is 5.15. The standard InChI is InChI=1S/C12H7BrF3NOS/c13-10-2-1-7(3-9(10)12(14,15)16)11(18)4-8-5-17-6-19-8/h1-3,5-6H,4H2. The monoisotopic (exact) mass is 349 g/mol. The second kappa shape index (κ2) is 5.42. The predicted octanol–water partition coefficient (Wildman–Crippen LogP) is 4.35. The van der Waals surface area contributed by atoms with Crippen molar-refractivity contribution in [2.24, 2.45) is 0 Å². The molecule has 19 heavy (non-hydrogen) atoms. The Kier molecular flexibility index (Phi) is 4.05. The second-order valence-electron chi connectivity index (χ2n) is 3.76. The van der Waals surface area contributed by atoms with Crippen molar-refractivity contribution in [3.63, 3.8) is 0 Å². The summed E-state index contributed by atoms with van der Waals surface area (Å²) in [4.78, 5) is 16.4. The molecule has 0 atom stereocenters. The van der Waals surface area contributed by atoms with Gasteiger partial charge in [0.05, 0.1) is 11.1 Å². The van der Waals surface area contributed by atoms with Crippen LogP contribution in [0.4, 0.5) is 13.2 Å². The van der Waals surface area contributed by atoms with Gasteiger partial charge in [-0.3, -0.25) is 9.78 Å². The van der Waals surface area contributed by atoms with E-state index in [1.807, 2.05) is 0 Å². The zero-order valence-electron chi connectivity index (χ0n) is 9.37. The number of hydrogen-bond donors (Lipinski definition) is 0. The summed E-state index contributed by atoms with van der Waals surface area (Å²) in [5, 5.41) is 0. The molecule has 0 aliphatic carbocycles. The van der Waals surface area contributed by atoms with Crippen molar-refractivity contribution >= 4 is 33.0 Å². The maximum Gasteiger partial charge on any atom is 0.417 e. The van der Waals surface area contributed by atoms with Gasteiger partial charge in [0.1, 0.15) is 0 Å². The summed E-state index contributed by atoms with van der Waals surface area (Å²) in [6, 6.07) is 3.48. The molecule has 0 saturated heterocycles. The Morgan fingerprint density at radius 1 is 1.37 bits per heavy atom. The van der Waals surface area contributed by atoms with Crippen molar-refractivity contribution in [1.82, 2.24) is 4.98 Å². The van der Waals surface area contributed by atoms with E-state index in [4.69, 9.17) is 0 Å². The van der Waals surface area contributed by atoms with Gasteiger partial charge in [0.15, 0.2) is 5.78 Å². The Morgan fingerprint density at radius 2 is 2.11 bits per heavy atom. The summed E-state index contributed by atoms with van der Waals surface area (Å²) < 4.78 is 38.1. The quantitative estimate of drug-likeness (QED) is 0.771. The highest BCUT2D eigenvalue weighted by atomic mass is 79.9. The van der Waals surface area contributed by atoms with Crippen LogP contribution in [0.1, 0.15) is 20.8 Å². The highest BCUT2D eigenvalue weighted by Gasteiger charge is 2.33. The van der Waals surface area contributed by atoms with Gasteiger partial charge in [-0.2, -0.15) is 13.2 Å². The number of benzene rings is 1. The third-order valence-corrected chi connectivity index (χ3v) is 3.88. The number of aromatic nitrogens is 1. The number of carbonyl (C=O) groups is 1. The first-order valence-corrected chi connectivity index (χ1v) is 6.82. The summed E-state index contributed by atoms with van der Waals surface area (Å²) in [5.74, 6) is -0.359. The van der Waals surface area contributed by atoms with E-state index >= 15 is 0 Å². The van der Waals surface area contributed by atoms with Gasteiger partial charge in [-0.25, -0.2) is 0 Å². The fourth-order valence-corrected chi connectivity index (χ4v) is 2.57. The SMILES string of the molecule is O=C(Cc1cncs1)c1ccc(Br)c(C(F)(F)F)c1. The molecule has 0 amide bonds. The molecular weight excluding hydrogens is 343 g/mol. The molecule has 0 radical (unpaired) electrons. The first-order chi connectivity index (χ1) is 8.88. The molecule has 100 valence electrons. The second-order valence-corrected chi connectivity index (χ2v) is 5.59. The fourth-order valence-electron chi connectivity index (χ4n) is 1.51. The number of carbonyl (C=O) groups excluding carboxylic acids is 1. The number of alkyl halides is 3. The third kappa shape index (κ3) is 3.42. The van der Waals surface area contributed by atoms with E-state index in [2.05, 4.69) is 20.9 Å². The summed E-state index contributed by atoms with van der Waals surface area (Å²) in [7, 11) is 0. The maximum atomic E-state index is 12.7. The van der Waals surface area contributed by atoms with Gasteiger partial charge >= 0.3 is 6.18 Å². The minimum atomic E-state index is -4.49. The molecule has 7 heteroatoms. The van der Waals surface area contributed by atoms with Gasteiger partial charge in [-0.1, -0.05) is 22.0 Å². The largest absolute Gasteiger partial charge is 0.417 e. The first kappa shape index (κ1) is 14.2. The molecule has 0 fully saturated rings. The van der Waals surface area contributed by atoms with Crippen LogP contribution in [0.25, 0.3) is 0 Å². The molecule has 0 unspecified atom stereocenters. The average molecular weight is 350 g/mol. The molecule has 0 aliphatic rings. The molecular formula is C12H7BrF3NOS. The Hall–Kier alpha value is -1.21. The maximum absolute atomic E-state index is 12.7. The predicted molar refractivity (Wildman–Crippen MR) is 69.3 cm³/mol. The van der Waals surface area contributed by atoms with Gasteiger partial charge in [-0.15, -0.1) is 11.3 Å². The Balaban J connectivity index is 2.28. The molecule has 1 aromatic carbocycles. The van der Waals surface area contributed by atoms with Gasteiger partial charge in [0.2, 0.25) is 0 Å². The molecule has 1 heterocycles. The number of halogens is 4. The number of ketones is 1. The van der Waals surface area contributed by atoms with E-state index in [0.29, 0.717) is 0 Å². The average Bonchev–Trinajstić information content (AvgIpc) is 2.80. The molecule has 2 aromatic rings. The molecule has 0 bridgehead atoms. The third-order valence-electron chi connectivity index (χ3n) is 2.41. The Labute approximate surface area is 119 Å². The Morgan fingerprint density at radius 3 is 2.68 bits per heavy atom. The number of rotatable bonds is 3. The van der Waals surface area contributed by atoms with Gasteiger partial charge < -0.3 is 0 Å². The summed E-state index contributed by atoms with van der Waals surface area (Å²) in [6.07, 6.45) is -2.89. The van der Waals surface area contributed by atoms with Crippen molar-refractivity contribution in [3.05, 3.63) is 50.4 Å². The Bertz CT molecular complexity index is 596.